The molecule has 3 heterocycles. The van der Waals surface area contributed by atoms with E-state index in [9.17, 15) is 9.90 Å². The van der Waals surface area contributed by atoms with Crippen LogP contribution in [0.15, 0.2) is 54.3 Å². The number of likely N-dealkylation sites (tertiary alicyclic amines) is 1. The van der Waals surface area contributed by atoms with E-state index in [1.807, 2.05) is 53.4 Å². The third kappa shape index (κ3) is 4.99. The number of ether oxygens (including phenoxy) is 4. The predicted octanol–water partition coefficient (Wildman–Crippen LogP) is 3.85. The van der Waals surface area contributed by atoms with Crippen LogP contribution in [0.25, 0.3) is 0 Å². The molecule has 1 saturated heterocycles. The van der Waals surface area contributed by atoms with E-state index in [1.54, 1.807) is 0 Å². The number of amides is 1. The fourth-order valence-corrected chi connectivity index (χ4v) is 4.47. The lowest BCUT2D eigenvalue weighted by Crippen LogP contribution is -2.39. The quantitative estimate of drug-likeness (QED) is 0.719. The number of fused-ring (bicyclic) bond motifs is 1. The summed E-state index contributed by atoms with van der Waals surface area (Å²) in [6.45, 7) is 2.11. The molecule has 0 radical (unpaired) electrons. The van der Waals surface area contributed by atoms with Gasteiger partial charge < -0.3 is 29.0 Å². The monoisotopic (exact) mass is 451 g/mol. The number of carbonyl (C=O) groups excluding carboxylic acids is 1. The Kier molecular flexibility index (Phi) is 6.51. The second kappa shape index (κ2) is 9.85. The van der Waals surface area contributed by atoms with Crippen molar-refractivity contribution in [2.24, 2.45) is 0 Å². The van der Waals surface area contributed by atoms with Crippen molar-refractivity contribution in [3.63, 3.8) is 0 Å². The largest absolute Gasteiger partial charge is 0.459 e. The van der Waals surface area contributed by atoms with E-state index < -0.39 is 6.29 Å². The number of hydrogen-bond donors (Lipinski definition) is 1. The smallest absolute Gasteiger partial charge is 0.288 e. The number of hydrogen-bond acceptors (Lipinski definition) is 6. The summed E-state index contributed by atoms with van der Waals surface area (Å²) in [5, 5.41) is 9.24. The average Bonchev–Trinajstić information content (AvgIpc) is 3.36. The van der Waals surface area contributed by atoms with Crippen molar-refractivity contribution in [1.29, 1.82) is 0 Å². The SMILES string of the molecule is O=C(C1=C[C@@H](c2ccc3c(c2)OCO3)C[C@@H](OCc2ccc(CO)cc2)O1)N1CCCCC1. The summed E-state index contributed by atoms with van der Waals surface area (Å²) in [5.74, 6) is 1.70. The van der Waals surface area contributed by atoms with Gasteiger partial charge >= 0.3 is 0 Å². The number of piperidine rings is 1. The van der Waals surface area contributed by atoms with Gasteiger partial charge in [-0.25, -0.2) is 0 Å². The highest BCUT2D eigenvalue weighted by atomic mass is 16.7. The zero-order valence-electron chi connectivity index (χ0n) is 18.6. The molecule has 1 N–H and O–H groups in total. The summed E-state index contributed by atoms with van der Waals surface area (Å²) in [4.78, 5) is 15.1. The number of aliphatic hydroxyl groups is 1. The number of allylic oxidation sites excluding steroid dienone is 1. The van der Waals surface area contributed by atoms with Gasteiger partial charge in [-0.1, -0.05) is 30.3 Å². The molecule has 174 valence electrons. The van der Waals surface area contributed by atoms with E-state index in [0.717, 1.165) is 60.5 Å². The number of rotatable bonds is 6. The van der Waals surface area contributed by atoms with E-state index in [0.29, 0.717) is 18.8 Å². The van der Waals surface area contributed by atoms with Crippen molar-refractivity contribution in [3.05, 3.63) is 71.0 Å². The molecule has 1 fully saturated rings. The number of aliphatic hydroxyl groups excluding tert-OH is 1. The van der Waals surface area contributed by atoms with Gasteiger partial charge in [0.1, 0.15) is 0 Å². The maximum atomic E-state index is 13.2. The minimum Gasteiger partial charge on any atom is -0.459 e. The van der Waals surface area contributed by atoms with Gasteiger partial charge in [-0.2, -0.15) is 0 Å². The summed E-state index contributed by atoms with van der Waals surface area (Å²) < 4.78 is 23.2. The molecule has 0 saturated carbocycles. The first-order valence-electron chi connectivity index (χ1n) is 11.6. The van der Waals surface area contributed by atoms with Crippen molar-refractivity contribution < 1.29 is 28.8 Å². The minimum absolute atomic E-state index is 0.0108. The maximum Gasteiger partial charge on any atom is 0.288 e. The summed E-state index contributed by atoms with van der Waals surface area (Å²) >= 11 is 0. The predicted molar refractivity (Wildman–Crippen MR) is 120 cm³/mol. The van der Waals surface area contributed by atoms with Gasteiger partial charge in [0.15, 0.2) is 17.3 Å². The van der Waals surface area contributed by atoms with E-state index >= 15 is 0 Å². The van der Waals surface area contributed by atoms with Crippen LogP contribution in [-0.4, -0.2) is 42.1 Å². The second-order valence-corrected chi connectivity index (χ2v) is 8.67. The van der Waals surface area contributed by atoms with Crippen molar-refractivity contribution in [2.45, 2.75) is 51.1 Å². The third-order valence-corrected chi connectivity index (χ3v) is 6.38. The van der Waals surface area contributed by atoms with E-state index in [4.69, 9.17) is 18.9 Å². The zero-order valence-corrected chi connectivity index (χ0v) is 18.6. The Hall–Kier alpha value is -3.03. The zero-order chi connectivity index (χ0) is 22.6. The Morgan fingerprint density at radius 3 is 2.55 bits per heavy atom. The lowest BCUT2D eigenvalue weighted by Gasteiger charge is -2.33. The highest BCUT2D eigenvalue weighted by molar-refractivity contribution is 5.91. The molecule has 2 atom stereocenters. The summed E-state index contributed by atoms with van der Waals surface area (Å²) in [6.07, 6.45) is 5.16. The van der Waals surface area contributed by atoms with Gasteiger partial charge in [0.2, 0.25) is 13.1 Å². The van der Waals surface area contributed by atoms with E-state index in [-0.39, 0.29) is 25.2 Å². The van der Waals surface area contributed by atoms with Crippen LogP contribution in [0.1, 0.15) is 48.3 Å². The highest BCUT2D eigenvalue weighted by Gasteiger charge is 2.32. The van der Waals surface area contributed by atoms with Crippen molar-refractivity contribution in [2.75, 3.05) is 19.9 Å². The second-order valence-electron chi connectivity index (χ2n) is 8.67. The molecule has 2 aromatic carbocycles. The lowest BCUT2D eigenvalue weighted by molar-refractivity contribution is -0.156. The van der Waals surface area contributed by atoms with Gasteiger partial charge in [0.25, 0.3) is 5.91 Å². The Bertz CT molecular complexity index is 1010. The molecular weight excluding hydrogens is 422 g/mol. The first-order chi connectivity index (χ1) is 16.2. The standard InChI is InChI=1S/C26H29NO6/c28-15-18-4-6-19(7-5-18)16-30-25-14-21(20-8-9-22-23(12-20)32-17-31-22)13-24(33-25)26(29)27-10-2-1-3-11-27/h4-9,12-13,21,25,28H,1-3,10-11,14-17H2/t21-,25+/m1/s1. The van der Waals surface area contributed by atoms with Crippen molar-refractivity contribution >= 4 is 5.91 Å². The van der Waals surface area contributed by atoms with Crippen LogP contribution in [0, 0.1) is 0 Å². The van der Waals surface area contributed by atoms with E-state index in [1.165, 1.54) is 0 Å². The molecule has 0 aromatic heterocycles. The Morgan fingerprint density at radius 2 is 1.76 bits per heavy atom. The van der Waals surface area contributed by atoms with Crippen LogP contribution in [-0.2, 0) is 27.5 Å². The molecule has 1 amide bonds. The summed E-state index contributed by atoms with van der Waals surface area (Å²) in [6, 6.07) is 13.5. The molecule has 0 bridgehead atoms. The first kappa shape index (κ1) is 21.8. The summed E-state index contributed by atoms with van der Waals surface area (Å²) in [7, 11) is 0. The molecule has 33 heavy (non-hydrogen) atoms. The molecule has 0 spiro atoms. The van der Waals surface area contributed by atoms with Gasteiger partial charge in [-0.15, -0.1) is 0 Å². The number of nitrogens with zero attached hydrogens (tertiary/aromatic N) is 1. The number of benzene rings is 2. The van der Waals surface area contributed by atoms with Gasteiger partial charge in [-0.3, -0.25) is 4.79 Å². The van der Waals surface area contributed by atoms with Gasteiger partial charge in [0.05, 0.1) is 13.2 Å². The summed E-state index contributed by atoms with van der Waals surface area (Å²) in [5.41, 5.74) is 2.87. The minimum atomic E-state index is -0.549. The Balaban J connectivity index is 1.34. The molecule has 3 aliphatic rings. The highest BCUT2D eigenvalue weighted by Crippen LogP contribution is 2.39. The molecule has 0 aliphatic carbocycles. The Morgan fingerprint density at radius 1 is 1.00 bits per heavy atom. The fourth-order valence-electron chi connectivity index (χ4n) is 4.47. The van der Waals surface area contributed by atoms with Crippen molar-refractivity contribution in [3.8, 4) is 11.5 Å². The maximum absolute atomic E-state index is 13.2. The Labute approximate surface area is 193 Å². The van der Waals surface area contributed by atoms with Crippen LogP contribution in [0.3, 0.4) is 0 Å². The van der Waals surface area contributed by atoms with Crippen molar-refractivity contribution in [1.82, 2.24) is 4.90 Å². The third-order valence-electron chi connectivity index (χ3n) is 6.38. The van der Waals surface area contributed by atoms with Crippen LogP contribution < -0.4 is 9.47 Å². The van der Waals surface area contributed by atoms with Crippen LogP contribution in [0.2, 0.25) is 0 Å². The van der Waals surface area contributed by atoms with Crippen LogP contribution in [0.4, 0.5) is 0 Å². The first-order valence-corrected chi connectivity index (χ1v) is 11.6. The molecule has 5 rings (SSSR count). The molecule has 3 aliphatic heterocycles. The van der Waals surface area contributed by atoms with Crippen LogP contribution in [0.5, 0.6) is 11.5 Å². The van der Waals surface area contributed by atoms with Crippen LogP contribution >= 0.6 is 0 Å². The van der Waals surface area contributed by atoms with E-state index in [2.05, 4.69) is 0 Å². The molecule has 7 heteroatoms. The topological polar surface area (TPSA) is 77.5 Å². The molecule has 2 aromatic rings. The lowest BCUT2D eigenvalue weighted by atomic mass is 9.92. The number of carbonyl (C=O) groups is 1. The molecular formula is C26H29NO6. The normalized spacial score (nSPS) is 22.0. The van der Waals surface area contributed by atoms with Gasteiger partial charge in [0, 0.05) is 25.4 Å². The molecule has 7 nitrogen and oxygen atoms in total. The fraction of sp³-hybridized carbons (Fsp3) is 0.423. The van der Waals surface area contributed by atoms with Gasteiger partial charge in [-0.05, 0) is 54.2 Å². The average molecular weight is 452 g/mol. The molecule has 0 unspecified atom stereocenters.